The summed E-state index contributed by atoms with van der Waals surface area (Å²) in [7, 11) is -5.10. The summed E-state index contributed by atoms with van der Waals surface area (Å²) in [6, 6.07) is 0. The summed E-state index contributed by atoms with van der Waals surface area (Å²) in [5.41, 5.74) is 10.8. The number of nitrogens with two attached hydrogens (primary N) is 2. The summed E-state index contributed by atoms with van der Waals surface area (Å²) in [5.74, 6) is -0.240. The summed E-state index contributed by atoms with van der Waals surface area (Å²) in [6.45, 7) is -5.78. The number of phosphoric acid groups is 1. The molecular formula is C20H23FN10O11P2S. The van der Waals surface area contributed by atoms with Crippen LogP contribution in [0.15, 0.2) is 23.8 Å². The molecule has 2 unspecified atom stereocenters. The summed E-state index contributed by atoms with van der Waals surface area (Å²) < 4.78 is 64.6. The molecule has 3 aliphatic rings. The Morgan fingerprint density at radius 1 is 0.956 bits per heavy atom. The zero-order valence-corrected chi connectivity index (χ0v) is 24.9. The third kappa shape index (κ3) is 5.43. The highest BCUT2D eigenvalue weighted by atomic mass is 32.5. The van der Waals surface area contributed by atoms with Crippen LogP contribution in [0, 0.1) is 0 Å². The summed E-state index contributed by atoms with van der Waals surface area (Å²) in [4.78, 5) is 56.1. The van der Waals surface area contributed by atoms with Gasteiger partial charge in [0.15, 0.2) is 41.3 Å². The van der Waals surface area contributed by atoms with Gasteiger partial charge in [-0.1, -0.05) is 0 Å². The topological polar surface area (TPSA) is 292 Å². The van der Waals surface area contributed by atoms with E-state index in [9.17, 15) is 24.3 Å². The van der Waals surface area contributed by atoms with E-state index in [1.165, 1.54) is 10.9 Å². The van der Waals surface area contributed by atoms with E-state index >= 15 is 4.39 Å². The molecule has 3 aliphatic heterocycles. The monoisotopic (exact) mass is 692 g/mol. The molecule has 0 saturated carbocycles. The number of halogens is 1. The van der Waals surface area contributed by atoms with Crippen LogP contribution in [0.25, 0.3) is 22.3 Å². The summed E-state index contributed by atoms with van der Waals surface area (Å²) in [6.07, 6.45) is -9.46. The lowest BCUT2D eigenvalue weighted by atomic mass is 10.1. The van der Waals surface area contributed by atoms with Crippen molar-refractivity contribution in [2.24, 2.45) is 0 Å². The second-order valence-corrected chi connectivity index (χ2v) is 14.3. The minimum absolute atomic E-state index is 0.0269. The molecular weight excluding hydrogens is 669 g/mol. The van der Waals surface area contributed by atoms with E-state index in [2.05, 4.69) is 29.9 Å². The molecule has 45 heavy (non-hydrogen) atoms. The Labute approximate surface area is 254 Å². The molecule has 25 heteroatoms. The maximum Gasteiger partial charge on any atom is 0.472 e. The molecule has 0 spiro atoms. The number of hydrogen-bond acceptors (Lipinski definition) is 17. The van der Waals surface area contributed by atoms with Crippen LogP contribution < -0.4 is 17.0 Å². The van der Waals surface area contributed by atoms with Crippen molar-refractivity contribution < 1.29 is 51.4 Å². The van der Waals surface area contributed by atoms with Crippen molar-refractivity contribution in [3.63, 3.8) is 0 Å². The first-order chi connectivity index (χ1) is 21.3. The number of aliphatic hydroxyl groups is 1. The van der Waals surface area contributed by atoms with Crippen molar-refractivity contribution in [3.8, 4) is 0 Å². The van der Waals surface area contributed by atoms with E-state index in [1.54, 1.807) is 0 Å². The molecule has 21 nitrogen and oxygen atoms in total. The Kier molecular flexibility index (Phi) is 7.50. The van der Waals surface area contributed by atoms with E-state index in [0.29, 0.717) is 0 Å². The number of rotatable bonds is 2. The van der Waals surface area contributed by atoms with Gasteiger partial charge in [0.1, 0.15) is 42.4 Å². The van der Waals surface area contributed by atoms with Gasteiger partial charge in [0, 0.05) is 0 Å². The molecule has 2 bridgehead atoms. The normalized spacial score (nSPS) is 37.7. The van der Waals surface area contributed by atoms with Gasteiger partial charge in [-0.15, -0.1) is 0 Å². The predicted octanol–water partition coefficient (Wildman–Crippen LogP) is -1.25. The number of phosphoric ester groups is 1. The van der Waals surface area contributed by atoms with Crippen LogP contribution in [-0.4, -0.2) is 104 Å². The molecule has 0 aromatic carbocycles. The van der Waals surface area contributed by atoms with Gasteiger partial charge in [-0.25, -0.2) is 28.9 Å². The van der Waals surface area contributed by atoms with Crippen LogP contribution in [-0.2, 0) is 43.9 Å². The van der Waals surface area contributed by atoms with E-state index in [1.807, 2.05) is 0 Å². The third-order valence-corrected chi connectivity index (χ3v) is 9.82. The molecule has 242 valence electrons. The number of hydrogen-bond donors (Lipinski definition) is 6. The van der Waals surface area contributed by atoms with E-state index in [4.69, 9.17) is 50.8 Å². The quantitative estimate of drug-likeness (QED) is 0.134. The maximum atomic E-state index is 16.0. The molecule has 8 N–H and O–H groups in total. The van der Waals surface area contributed by atoms with E-state index in [0.717, 1.165) is 17.2 Å². The first kappa shape index (κ1) is 30.6. The van der Waals surface area contributed by atoms with Crippen LogP contribution >= 0.6 is 14.5 Å². The van der Waals surface area contributed by atoms with Crippen molar-refractivity contribution in [2.75, 3.05) is 24.7 Å². The molecule has 0 aliphatic carbocycles. The highest BCUT2D eigenvalue weighted by molar-refractivity contribution is 8.07. The third-order valence-electron chi connectivity index (χ3n) is 7.28. The smallest absolute Gasteiger partial charge is 0.387 e. The fourth-order valence-electron chi connectivity index (χ4n) is 5.26. The molecule has 0 radical (unpaired) electrons. The number of nitrogen functional groups attached to an aromatic ring is 2. The highest BCUT2D eigenvalue weighted by Gasteiger charge is 2.53. The standard InChI is InChI=1S/C20H23FN10O11P2S/c21-8-12-7(40-18(8)30-4-26-9-14(22)24-3-25-15(9)30)2-37-43(34,35)41-13-11(32)6(1-38-44(36,45)42-12)39-19(13)31-5-27-10-16(31)28-20(23)29-17(10)33/h3-8,11-13,18-19,32H,1-2H2,(H,34,35)(H,36,45)(H2,22,24,25)(H3,23,28,29,33)/t6-,7-,8-,11-,12-,13-,18-,19-,44?/m1/s1. The van der Waals surface area contributed by atoms with Crippen molar-refractivity contribution in [1.29, 1.82) is 0 Å². The number of H-pyrrole nitrogens is 1. The number of nitrogens with zero attached hydrogens (tertiary/aromatic N) is 7. The molecule has 4 aromatic heterocycles. The second kappa shape index (κ2) is 11.0. The van der Waals surface area contributed by atoms with Gasteiger partial charge in [0.25, 0.3) is 5.56 Å². The fourth-order valence-corrected chi connectivity index (χ4v) is 7.63. The SMILES string of the molecule is Nc1nc2c(ncn2[C@@H]2O[C@@H]3COP(O)(=S)O[C@H]4[C@@H](F)[C@H](n5cnc6c(N)ncnc65)O[C@@H]4COP(=O)(O)O[C@@H]2[C@@H]3O)c(=O)[nH]1. The first-order valence-corrected chi connectivity index (χ1v) is 17.0. The van der Waals surface area contributed by atoms with Crippen molar-refractivity contribution in [3.05, 3.63) is 29.3 Å². The Morgan fingerprint density at radius 2 is 1.64 bits per heavy atom. The zero-order chi connectivity index (χ0) is 31.8. The van der Waals surface area contributed by atoms with Crippen molar-refractivity contribution >= 4 is 60.4 Å². The number of aromatic nitrogens is 8. The number of imidazole rings is 2. The lowest BCUT2D eigenvalue weighted by Crippen LogP contribution is -2.35. The van der Waals surface area contributed by atoms with Gasteiger partial charge in [-0.05, 0) is 11.8 Å². The lowest BCUT2D eigenvalue weighted by Gasteiger charge is -2.26. The Balaban J connectivity index is 1.21. The van der Waals surface area contributed by atoms with Crippen LogP contribution in [0.5, 0.6) is 0 Å². The summed E-state index contributed by atoms with van der Waals surface area (Å²) in [5, 5.41) is 11.0. The second-order valence-electron chi connectivity index (χ2n) is 10.1. The highest BCUT2D eigenvalue weighted by Crippen LogP contribution is 2.54. The lowest BCUT2D eigenvalue weighted by molar-refractivity contribution is -0.0642. The fraction of sp³-hybridized carbons (Fsp3) is 0.500. The number of aliphatic hydroxyl groups excluding tert-OH is 1. The Hall–Kier alpha value is -3.05. The molecule has 3 saturated heterocycles. The Morgan fingerprint density at radius 3 is 2.42 bits per heavy atom. The Bertz CT molecular complexity index is 1950. The number of alkyl halides is 1. The zero-order valence-electron chi connectivity index (χ0n) is 22.3. The average Bonchev–Trinajstić information content (AvgIpc) is 3.72. The van der Waals surface area contributed by atoms with Crippen LogP contribution in [0.1, 0.15) is 12.5 Å². The molecule has 0 amide bonds. The molecule has 7 heterocycles. The van der Waals surface area contributed by atoms with Crippen LogP contribution in [0.3, 0.4) is 0 Å². The van der Waals surface area contributed by atoms with E-state index < -0.39 is 82.5 Å². The largest absolute Gasteiger partial charge is 0.472 e. The number of ether oxygens (including phenoxy) is 2. The van der Waals surface area contributed by atoms with Gasteiger partial charge < -0.3 is 40.4 Å². The van der Waals surface area contributed by atoms with Crippen molar-refractivity contribution in [1.82, 2.24) is 39.0 Å². The number of aromatic amines is 1. The molecule has 10 atom stereocenters. The summed E-state index contributed by atoms with van der Waals surface area (Å²) >= 11 is 5.12. The van der Waals surface area contributed by atoms with Crippen molar-refractivity contribution in [2.45, 2.75) is 49.1 Å². The van der Waals surface area contributed by atoms with Crippen LogP contribution in [0.4, 0.5) is 16.2 Å². The minimum atomic E-state index is -5.10. The maximum absolute atomic E-state index is 16.0. The number of fused-ring (bicyclic) bond motifs is 5. The van der Waals surface area contributed by atoms with Gasteiger partial charge >= 0.3 is 14.5 Å². The minimum Gasteiger partial charge on any atom is -0.387 e. The average molecular weight is 692 g/mol. The van der Waals surface area contributed by atoms with Gasteiger partial charge in [-0.3, -0.25) is 32.5 Å². The number of anilines is 2. The number of nitrogens with one attached hydrogen (secondary N) is 1. The van der Waals surface area contributed by atoms with Crippen LogP contribution in [0.2, 0.25) is 0 Å². The van der Waals surface area contributed by atoms with Gasteiger partial charge in [0.05, 0.1) is 25.9 Å². The first-order valence-electron chi connectivity index (χ1n) is 12.9. The predicted molar refractivity (Wildman–Crippen MR) is 149 cm³/mol. The van der Waals surface area contributed by atoms with Gasteiger partial charge in [0.2, 0.25) is 5.95 Å². The molecule has 4 aromatic rings. The van der Waals surface area contributed by atoms with E-state index in [-0.39, 0.29) is 34.1 Å². The molecule has 3 fully saturated rings. The van der Waals surface area contributed by atoms with Gasteiger partial charge in [-0.2, -0.15) is 4.98 Å². The molecule has 7 rings (SSSR count).